The number of anilines is 3. The van der Waals surface area contributed by atoms with E-state index in [1.165, 1.54) is 23.2 Å². The number of fused-ring (bicyclic) bond motifs is 1. The second-order valence-corrected chi connectivity index (χ2v) is 7.41. The topological polar surface area (TPSA) is 86.0 Å². The van der Waals surface area contributed by atoms with E-state index < -0.39 is 0 Å². The molecule has 136 valence electrons. The molecule has 0 aliphatic heterocycles. The number of rotatable bonds is 5. The Labute approximate surface area is 161 Å². The van der Waals surface area contributed by atoms with Crippen molar-refractivity contribution in [1.82, 2.24) is 15.0 Å². The number of nitrogens with zero attached hydrogens (tertiary/aromatic N) is 3. The third-order valence-corrected chi connectivity index (χ3v) is 5.08. The molecule has 2 aromatic carbocycles. The number of benzene rings is 2. The smallest absolute Gasteiger partial charge is 0.248 e. The Kier molecular flexibility index (Phi) is 4.60. The largest absolute Gasteiger partial charge is 0.437 e. The standard InChI is InChI=1S/C20H19N5OS/c1-12(2)13-7-9-14(10-8-13)26-19-17(21)18(22-11-23-19)25-20-24-15-5-3-4-6-16(15)27-20/h3-12H,21H2,1-2H3,(H,22,23,24,25). The van der Waals surface area contributed by atoms with Gasteiger partial charge in [0.2, 0.25) is 5.88 Å². The van der Waals surface area contributed by atoms with Gasteiger partial charge < -0.3 is 15.8 Å². The van der Waals surface area contributed by atoms with Gasteiger partial charge in [0.1, 0.15) is 17.8 Å². The van der Waals surface area contributed by atoms with Crippen molar-refractivity contribution in [2.75, 3.05) is 11.1 Å². The lowest BCUT2D eigenvalue weighted by Crippen LogP contribution is -2.03. The van der Waals surface area contributed by atoms with E-state index in [-0.39, 0.29) is 0 Å². The van der Waals surface area contributed by atoms with Crippen LogP contribution in [0.15, 0.2) is 54.9 Å². The van der Waals surface area contributed by atoms with Crippen LogP contribution >= 0.6 is 11.3 Å². The molecule has 27 heavy (non-hydrogen) atoms. The lowest BCUT2D eigenvalue weighted by atomic mass is 10.0. The quantitative estimate of drug-likeness (QED) is 0.489. The van der Waals surface area contributed by atoms with E-state index in [0.29, 0.717) is 34.2 Å². The van der Waals surface area contributed by atoms with E-state index in [2.05, 4.69) is 34.1 Å². The lowest BCUT2D eigenvalue weighted by Gasteiger charge is -2.11. The molecule has 0 atom stereocenters. The molecule has 0 aliphatic carbocycles. The van der Waals surface area contributed by atoms with Gasteiger partial charge in [-0.15, -0.1) is 0 Å². The van der Waals surface area contributed by atoms with Crippen LogP contribution in [0.5, 0.6) is 11.6 Å². The molecule has 4 aromatic rings. The molecular formula is C20H19N5OS. The molecular weight excluding hydrogens is 358 g/mol. The highest BCUT2D eigenvalue weighted by molar-refractivity contribution is 7.22. The van der Waals surface area contributed by atoms with Crippen LogP contribution in [0.1, 0.15) is 25.3 Å². The van der Waals surface area contributed by atoms with Gasteiger partial charge in [-0.2, -0.15) is 4.98 Å². The second-order valence-electron chi connectivity index (χ2n) is 6.38. The minimum Gasteiger partial charge on any atom is -0.437 e. The summed E-state index contributed by atoms with van der Waals surface area (Å²) >= 11 is 1.54. The Morgan fingerprint density at radius 2 is 1.81 bits per heavy atom. The van der Waals surface area contributed by atoms with Crippen molar-refractivity contribution in [2.24, 2.45) is 0 Å². The number of nitrogen functional groups attached to an aromatic ring is 1. The first kappa shape index (κ1) is 17.2. The highest BCUT2D eigenvalue weighted by atomic mass is 32.1. The van der Waals surface area contributed by atoms with Crippen LogP contribution in [0.4, 0.5) is 16.6 Å². The van der Waals surface area contributed by atoms with Crippen molar-refractivity contribution < 1.29 is 4.74 Å². The molecule has 0 amide bonds. The average molecular weight is 377 g/mol. The summed E-state index contributed by atoms with van der Waals surface area (Å²) in [6.07, 6.45) is 1.42. The zero-order chi connectivity index (χ0) is 18.8. The van der Waals surface area contributed by atoms with Crippen LogP contribution < -0.4 is 15.8 Å². The molecule has 7 heteroatoms. The molecule has 0 saturated heterocycles. The summed E-state index contributed by atoms with van der Waals surface area (Å²) in [5, 5.41) is 3.88. The first-order chi connectivity index (χ1) is 13.1. The number of nitrogens with one attached hydrogen (secondary N) is 1. The van der Waals surface area contributed by atoms with Gasteiger partial charge in [0.05, 0.1) is 10.2 Å². The minimum absolute atomic E-state index is 0.311. The fourth-order valence-electron chi connectivity index (χ4n) is 2.62. The predicted octanol–water partition coefficient (Wildman–Crippen LogP) is 5.33. The maximum absolute atomic E-state index is 6.22. The summed E-state index contributed by atoms with van der Waals surface area (Å²) in [7, 11) is 0. The zero-order valence-electron chi connectivity index (χ0n) is 15.0. The number of thiazole rings is 1. The molecule has 0 bridgehead atoms. The van der Waals surface area contributed by atoms with Crippen LogP contribution in [-0.4, -0.2) is 15.0 Å². The van der Waals surface area contributed by atoms with Crippen molar-refractivity contribution >= 4 is 38.2 Å². The highest BCUT2D eigenvalue weighted by Crippen LogP contribution is 2.33. The number of nitrogens with two attached hydrogens (primary N) is 1. The summed E-state index contributed by atoms with van der Waals surface area (Å²) in [6, 6.07) is 15.8. The van der Waals surface area contributed by atoms with E-state index >= 15 is 0 Å². The van der Waals surface area contributed by atoms with Crippen molar-refractivity contribution in [2.45, 2.75) is 19.8 Å². The van der Waals surface area contributed by atoms with Gasteiger partial charge in [-0.25, -0.2) is 9.97 Å². The normalized spacial score (nSPS) is 11.1. The Balaban J connectivity index is 1.57. The summed E-state index contributed by atoms with van der Waals surface area (Å²) < 4.78 is 6.94. The minimum atomic E-state index is 0.311. The van der Waals surface area contributed by atoms with Gasteiger partial charge in [0.15, 0.2) is 10.9 Å². The van der Waals surface area contributed by atoms with E-state index in [1.54, 1.807) is 0 Å². The Bertz CT molecular complexity index is 1040. The molecule has 2 heterocycles. The lowest BCUT2D eigenvalue weighted by molar-refractivity contribution is 0.464. The fraction of sp³-hybridized carbons (Fsp3) is 0.150. The van der Waals surface area contributed by atoms with E-state index in [4.69, 9.17) is 10.5 Å². The first-order valence-corrected chi connectivity index (χ1v) is 9.42. The summed E-state index contributed by atoms with van der Waals surface area (Å²) in [5.41, 5.74) is 8.73. The molecule has 0 radical (unpaired) electrons. The van der Waals surface area contributed by atoms with Crippen molar-refractivity contribution in [3.8, 4) is 11.6 Å². The molecule has 0 aliphatic rings. The maximum Gasteiger partial charge on any atom is 0.248 e. The summed E-state index contributed by atoms with van der Waals surface area (Å²) in [6.45, 7) is 4.30. The number of aromatic nitrogens is 3. The van der Waals surface area contributed by atoms with Gasteiger partial charge >= 0.3 is 0 Å². The highest BCUT2D eigenvalue weighted by Gasteiger charge is 2.13. The molecule has 0 unspecified atom stereocenters. The Hall–Kier alpha value is -3.19. The van der Waals surface area contributed by atoms with Crippen LogP contribution in [0.25, 0.3) is 10.2 Å². The number of hydrogen-bond acceptors (Lipinski definition) is 7. The van der Waals surface area contributed by atoms with Gasteiger partial charge in [-0.3, -0.25) is 0 Å². The number of hydrogen-bond donors (Lipinski definition) is 2. The predicted molar refractivity (Wildman–Crippen MR) is 110 cm³/mol. The summed E-state index contributed by atoms with van der Waals surface area (Å²) in [4.78, 5) is 12.9. The fourth-order valence-corrected chi connectivity index (χ4v) is 3.48. The average Bonchev–Trinajstić information content (AvgIpc) is 3.08. The van der Waals surface area contributed by atoms with Crippen LogP contribution in [0.3, 0.4) is 0 Å². The SMILES string of the molecule is CC(C)c1ccc(Oc2ncnc(Nc3nc4ccccc4s3)c2N)cc1. The summed E-state index contributed by atoms with van der Waals surface area (Å²) in [5.74, 6) is 1.92. The Morgan fingerprint density at radius 3 is 2.56 bits per heavy atom. The third-order valence-electron chi connectivity index (χ3n) is 4.13. The van der Waals surface area contributed by atoms with Crippen molar-refractivity contribution in [1.29, 1.82) is 0 Å². The molecule has 2 aromatic heterocycles. The van der Waals surface area contributed by atoms with Crippen LogP contribution in [-0.2, 0) is 0 Å². The van der Waals surface area contributed by atoms with Crippen LogP contribution in [0, 0.1) is 0 Å². The molecule has 0 fully saturated rings. The van der Waals surface area contributed by atoms with Gasteiger partial charge in [-0.1, -0.05) is 49.4 Å². The van der Waals surface area contributed by atoms with Gasteiger partial charge in [-0.05, 0) is 35.7 Å². The number of para-hydroxylation sites is 1. The molecule has 0 saturated carbocycles. The second kappa shape index (κ2) is 7.20. The van der Waals surface area contributed by atoms with E-state index in [0.717, 1.165) is 10.2 Å². The molecule has 6 nitrogen and oxygen atoms in total. The van der Waals surface area contributed by atoms with E-state index in [9.17, 15) is 0 Å². The van der Waals surface area contributed by atoms with Crippen molar-refractivity contribution in [3.63, 3.8) is 0 Å². The molecule has 3 N–H and O–H groups in total. The third kappa shape index (κ3) is 3.68. The van der Waals surface area contributed by atoms with E-state index in [1.807, 2.05) is 48.5 Å². The zero-order valence-corrected chi connectivity index (χ0v) is 15.8. The molecule has 4 rings (SSSR count). The van der Waals surface area contributed by atoms with Crippen LogP contribution in [0.2, 0.25) is 0 Å². The van der Waals surface area contributed by atoms with Crippen molar-refractivity contribution in [3.05, 3.63) is 60.4 Å². The van der Waals surface area contributed by atoms with Gasteiger partial charge in [0.25, 0.3) is 0 Å². The Morgan fingerprint density at radius 1 is 1.04 bits per heavy atom. The maximum atomic E-state index is 6.22. The monoisotopic (exact) mass is 377 g/mol. The first-order valence-electron chi connectivity index (χ1n) is 8.61. The van der Waals surface area contributed by atoms with Gasteiger partial charge in [0, 0.05) is 0 Å². The molecule has 0 spiro atoms. The number of ether oxygens (including phenoxy) is 1.